The van der Waals surface area contributed by atoms with Gasteiger partial charge in [0.1, 0.15) is 42.1 Å². The third-order valence-electron chi connectivity index (χ3n) is 4.43. The van der Waals surface area contributed by atoms with Crippen LogP contribution in [-0.2, 0) is 39.5 Å². The molecular weight excluding hydrogens is 485 g/mol. The topological polar surface area (TPSA) is 150 Å². The number of halogens is 3. The van der Waals surface area contributed by atoms with Crippen molar-refractivity contribution in [3.63, 3.8) is 0 Å². The molecule has 1 aromatic heterocycles. The molecule has 0 radical (unpaired) electrons. The fourth-order valence-electron chi connectivity index (χ4n) is 3.21. The molecule has 0 N–H and O–H groups in total. The molecule has 0 amide bonds. The fraction of sp³-hybridized carbons (Fsp3) is 0.579. The van der Waals surface area contributed by atoms with Crippen LogP contribution in [0.25, 0.3) is 10.4 Å². The van der Waals surface area contributed by atoms with Crippen molar-refractivity contribution in [2.24, 2.45) is 5.11 Å². The molecule has 0 unspecified atom stereocenters. The molecule has 0 spiro atoms. The molecule has 1 saturated heterocycles. The lowest BCUT2D eigenvalue weighted by atomic mass is 9.97. The average molecular weight is 506 g/mol. The summed E-state index contributed by atoms with van der Waals surface area (Å²) in [4.78, 5) is 41.2. The molecule has 2 rings (SSSR count). The molecule has 186 valence electrons. The third-order valence-corrected chi connectivity index (χ3v) is 5.54. The lowest BCUT2D eigenvalue weighted by Gasteiger charge is -2.43. The summed E-state index contributed by atoms with van der Waals surface area (Å²) in [6.45, 7) is 4.14. The molecule has 34 heavy (non-hydrogen) atoms. The average Bonchev–Trinajstić information content (AvgIpc) is 2.69. The smallest absolute Gasteiger partial charge is 0.433 e. The van der Waals surface area contributed by atoms with Gasteiger partial charge < -0.3 is 18.9 Å². The highest BCUT2D eigenvalue weighted by Gasteiger charge is 2.50. The summed E-state index contributed by atoms with van der Waals surface area (Å²) in [5.41, 5.74) is 6.71. The predicted molar refractivity (Wildman–Crippen MR) is 109 cm³/mol. The van der Waals surface area contributed by atoms with E-state index < -0.39 is 66.2 Å². The Morgan fingerprint density at radius 2 is 1.79 bits per heavy atom. The Hall–Kier alpha value is -3.03. The molecule has 0 saturated carbocycles. The largest absolute Gasteiger partial charge is 0.463 e. The highest BCUT2D eigenvalue weighted by Crippen LogP contribution is 2.39. The van der Waals surface area contributed by atoms with Gasteiger partial charge in [0.25, 0.3) is 0 Å². The second kappa shape index (κ2) is 11.4. The molecule has 5 atom stereocenters. The summed E-state index contributed by atoms with van der Waals surface area (Å²) < 4.78 is 60.5. The van der Waals surface area contributed by atoms with E-state index in [4.69, 9.17) is 24.5 Å². The summed E-state index contributed by atoms with van der Waals surface area (Å²) in [6.07, 6.45) is -7.42. The summed E-state index contributed by atoms with van der Waals surface area (Å²) in [7, 11) is 0. The quantitative estimate of drug-likeness (QED) is 0.178. The number of aromatic nitrogens is 1. The van der Waals surface area contributed by atoms with Crippen LogP contribution < -0.4 is 0 Å². The van der Waals surface area contributed by atoms with Crippen molar-refractivity contribution < 1.29 is 46.5 Å². The van der Waals surface area contributed by atoms with Gasteiger partial charge in [0.2, 0.25) is 0 Å². The van der Waals surface area contributed by atoms with Gasteiger partial charge in [-0.2, -0.15) is 13.2 Å². The number of carbonyl (C=O) groups is 3. The predicted octanol–water partition coefficient (Wildman–Crippen LogP) is 3.33. The van der Waals surface area contributed by atoms with Crippen LogP contribution in [-0.4, -0.2) is 59.3 Å². The van der Waals surface area contributed by atoms with Gasteiger partial charge in [0.05, 0.1) is 0 Å². The Morgan fingerprint density at radius 1 is 1.18 bits per heavy atom. The van der Waals surface area contributed by atoms with Gasteiger partial charge in [0.15, 0.2) is 0 Å². The molecule has 1 aromatic rings. The number of thioether (sulfide) groups is 1. The molecule has 0 bridgehead atoms. The first-order valence-electron chi connectivity index (χ1n) is 9.71. The Bertz CT molecular complexity index is 987. The first-order chi connectivity index (χ1) is 15.8. The molecule has 2 heterocycles. The number of alkyl halides is 3. The first kappa shape index (κ1) is 27.2. The van der Waals surface area contributed by atoms with E-state index in [9.17, 15) is 27.6 Å². The SMILES string of the molecule is CC(=O)OC[C@H]1O[C@H](Sc2cnc(C(F)(F)F)c(C)c2)[C@H](OC(C)=O)[C@@H](N=[N+]=[N-])[C@H]1OC(C)=O. The van der Waals surface area contributed by atoms with Crippen LogP contribution in [0.5, 0.6) is 0 Å². The number of aryl methyl sites for hydroxylation is 1. The van der Waals surface area contributed by atoms with Crippen molar-refractivity contribution in [3.05, 3.63) is 34.0 Å². The van der Waals surface area contributed by atoms with Crippen LogP contribution in [0.4, 0.5) is 13.2 Å². The van der Waals surface area contributed by atoms with E-state index in [0.29, 0.717) is 0 Å². The Kier molecular flexibility index (Phi) is 9.13. The number of hydrogen-bond donors (Lipinski definition) is 0. The zero-order chi connectivity index (χ0) is 25.6. The molecular formula is C19H21F3N4O7S. The lowest BCUT2D eigenvalue weighted by Crippen LogP contribution is -2.59. The van der Waals surface area contributed by atoms with Crippen LogP contribution in [0.2, 0.25) is 0 Å². The summed E-state index contributed by atoms with van der Waals surface area (Å²) in [6, 6.07) is -0.0793. The van der Waals surface area contributed by atoms with Gasteiger partial charge in [-0.3, -0.25) is 19.4 Å². The van der Waals surface area contributed by atoms with E-state index >= 15 is 0 Å². The van der Waals surface area contributed by atoms with Crippen LogP contribution in [0.15, 0.2) is 22.3 Å². The third kappa shape index (κ3) is 7.23. The number of carbonyl (C=O) groups excluding carboxylic acids is 3. The molecule has 15 heteroatoms. The van der Waals surface area contributed by atoms with E-state index in [1.165, 1.54) is 13.0 Å². The van der Waals surface area contributed by atoms with Crippen LogP contribution in [0, 0.1) is 6.92 Å². The van der Waals surface area contributed by atoms with Gasteiger partial charge in [0, 0.05) is 36.8 Å². The zero-order valence-electron chi connectivity index (χ0n) is 18.4. The number of hydrogen-bond acceptors (Lipinski definition) is 10. The first-order valence-corrected chi connectivity index (χ1v) is 10.6. The molecule has 0 aliphatic carbocycles. The van der Waals surface area contributed by atoms with Gasteiger partial charge >= 0.3 is 24.1 Å². The molecule has 1 fully saturated rings. The van der Waals surface area contributed by atoms with Crippen molar-refractivity contribution >= 4 is 29.7 Å². The van der Waals surface area contributed by atoms with E-state index in [0.717, 1.165) is 38.7 Å². The highest BCUT2D eigenvalue weighted by atomic mass is 32.2. The van der Waals surface area contributed by atoms with Gasteiger partial charge in [-0.15, -0.1) is 0 Å². The number of ether oxygens (including phenoxy) is 4. The maximum Gasteiger partial charge on any atom is 0.433 e. The molecule has 1 aliphatic rings. The minimum atomic E-state index is -4.64. The minimum absolute atomic E-state index is 0.154. The van der Waals surface area contributed by atoms with E-state index in [-0.39, 0.29) is 10.5 Å². The molecule has 0 aromatic carbocycles. The highest BCUT2D eigenvalue weighted by molar-refractivity contribution is 7.99. The lowest BCUT2D eigenvalue weighted by molar-refractivity contribution is -0.201. The second-order valence-electron chi connectivity index (χ2n) is 7.14. The van der Waals surface area contributed by atoms with E-state index in [1.807, 2.05) is 0 Å². The van der Waals surface area contributed by atoms with Gasteiger partial charge in [-0.05, 0) is 24.1 Å². The van der Waals surface area contributed by atoms with Crippen molar-refractivity contribution in [1.29, 1.82) is 0 Å². The Balaban J connectivity index is 2.46. The Labute approximate surface area is 195 Å². The second-order valence-corrected chi connectivity index (χ2v) is 8.31. The normalized spacial score (nSPS) is 24.5. The summed E-state index contributed by atoms with van der Waals surface area (Å²) in [5.74, 6) is -2.21. The van der Waals surface area contributed by atoms with Gasteiger partial charge in [-0.25, -0.2) is 0 Å². The van der Waals surface area contributed by atoms with Crippen molar-refractivity contribution in [2.75, 3.05) is 6.61 Å². The monoisotopic (exact) mass is 506 g/mol. The van der Waals surface area contributed by atoms with Crippen LogP contribution >= 0.6 is 11.8 Å². The number of azide groups is 1. The van der Waals surface area contributed by atoms with Crippen molar-refractivity contribution in [3.8, 4) is 0 Å². The number of rotatable bonds is 7. The molecule has 1 aliphatic heterocycles. The van der Waals surface area contributed by atoms with E-state index in [2.05, 4.69) is 15.0 Å². The standard InChI is InChI=1S/C19H21F3N4O7S/c1-8-5-12(6-24-17(8)19(20,21)22)34-18-16(32-11(4)29)14(25-26-23)15(31-10(3)28)13(33-18)7-30-9(2)27/h5-6,13-16,18H,7H2,1-4H3/t13-,14+,15+,16-,18-/m1/s1. The fourth-order valence-corrected chi connectivity index (χ4v) is 4.39. The summed E-state index contributed by atoms with van der Waals surface area (Å²) >= 11 is 0.843. The Morgan fingerprint density at radius 3 is 2.29 bits per heavy atom. The number of pyridine rings is 1. The van der Waals surface area contributed by atoms with Crippen molar-refractivity contribution in [1.82, 2.24) is 4.98 Å². The van der Waals surface area contributed by atoms with Crippen molar-refractivity contribution in [2.45, 2.75) is 68.6 Å². The van der Waals surface area contributed by atoms with Crippen LogP contribution in [0.1, 0.15) is 32.0 Å². The molecule has 11 nitrogen and oxygen atoms in total. The summed E-state index contributed by atoms with van der Waals surface area (Å²) in [5, 5.41) is 3.61. The van der Waals surface area contributed by atoms with E-state index in [1.54, 1.807) is 0 Å². The van der Waals surface area contributed by atoms with Crippen LogP contribution in [0.3, 0.4) is 0 Å². The maximum atomic E-state index is 13.0. The number of nitrogens with zero attached hydrogens (tertiary/aromatic N) is 4. The number of esters is 3. The maximum absolute atomic E-state index is 13.0. The minimum Gasteiger partial charge on any atom is -0.463 e. The zero-order valence-corrected chi connectivity index (χ0v) is 19.3. The van der Waals surface area contributed by atoms with Gasteiger partial charge in [-0.1, -0.05) is 16.9 Å².